The van der Waals surface area contributed by atoms with Crippen molar-refractivity contribution in [2.75, 3.05) is 12.4 Å². The minimum Gasteiger partial charge on any atom is -0.496 e. The van der Waals surface area contributed by atoms with E-state index in [1.54, 1.807) is 31.4 Å². The number of rotatable bonds is 6. The van der Waals surface area contributed by atoms with Crippen molar-refractivity contribution in [1.29, 1.82) is 0 Å². The zero-order chi connectivity index (χ0) is 18.4. The van der Waals surface area contributed by atoms with Crippen LogP contribution in [0.2, 0.25) is 0 Å². The van der Waals surface area contributed by atoms with Gasteiger partial charge in [0, 0.05) is 29.7 Å². The highest BCUT2D eigenvalue weighted by Gasteiger charge is 2.10. The largest absolute Gasteiger partial charge is 0.496 e. The third kappa shape index (κ3) is 4.36. The van der Waals surface area contributed by atoms with Gasteiger partial charge < -0.3 is 15.4 Å². The molecular weight excluding hydrogens is 333 g/mol. The number of nitrogens with one attached hydrogen (secondary N) is 2. The van der Waals surface area contributed by atoms with Crippen LogP contribution in [0.1, 0.15) is 16.1 Å². The Hall–Kier alpha value is -3.41. The number of ether oxygens (including phenoxy) is 1. The van der Waals surface area contributed by atoms with Crippen molar-refractivity contribution in [2.45, 2.75) is 6.54 Å². The Balaban J connectivity index is 1.68. The molecule has 0 aliphatic rings. The van der Waals surface area contributed by atoms with Crippen LogP contribution in [0.4, 0.5) is 15.8 Å². The first-order valence-electron chi connectivity index (χ1n) is 8.04. The van der Waals surface area contributed by atoms with Gasteiger partial charge >= 0.3 is 0 Å². The molecule has 0 spiro atoms. The lowest BCUT2D eigenvalue weighted by atomic mass is 10.2. The summed E-state index contributed by atoms with van der Waals surface area (Å²) >= 11 is 0. The molecule has 1 heterocycles. The normalized spacial score (nSPS) is 10.2. The molecule has 3 rings (SSSR count). The molecule has 0 unspecified atom stereocenters. The monoisotopic (exact) mass is 351 g/mol. The number of carbonyl (C=O) groups excluding carboxylic acids is 1. The fourth-order valence-corrected chi connectivity index (χ4v) is 2.48. The van der Waals surface area contributed by atoms with Crippen molar-refractivity contribution in [3.63, 3.8) is 0 Å². The SMILES string of the molecule is COc1ccccc1CNC(=O)c1cc(Nc2cccc(F)c2)ccn1. The standard InChI is InChI=1S/C20H18FN3O2/c1-26-19-8-3-2-5-14(19)13-23-20(25)18-12-17(9-10-22-18)24-16-7-4-6-15(21)11-16/h2-12H,13H2,1H3,(H,22,24)(H,23,25). The number of hydrogen-bond acceptors (Lipinski definition) is 4. The van der Waals surface area contributed by atoms with E-state index in [2.05, 4.69) is 15.6 Å². The molecule has 0 fully saturated rings. The first-order chi connectivity index (χ1) is 12.7. The van der Waals surface area contributed by atoms with Crippen LogP contribution in [0.25, 0.3) is 0 Å². The van der Waals surface area contributed by atoms with Gasteiger partial charge in [0.1, 0.15) is 17.3 Å². The Kier molecular flexibility index (Phi) is 5.43. The van der Waals surface area contributed by atoms with Crippen molar-refractivity contribution < 1.29 is 13.9 Å². The number of nitrogens with zero attached hydrogens (tertiary/aromatic N) is 1. The topological polar surface area (TPSA) is 63.2 Å². The molecule has 3 aromatic rings. The number of carbonyl (C=O) groups is 1. The summed E-state index contributed by atoms with van der Waals surface area (Å²) in [4.78, 5) is 16.5. The van der Waals surface area contributed by atoms with E-state index in [-0.39, 0.29) is 17.4 Å². The van der Waals surface area contributed by atoms with Crippen LogP contribution in [0.15, 0.2) is 66.9 Å². The molecule has 5 nitrogen and oxygen atoms in total. The average molecular weight is 351 g/mol. The van der Waals surface area contributed by atoms with Crippen molar-refractivity contribution in [3.8, 4) is 5.75 Å². The van der Waals surface area contributed by atoms with E-state index in [1.165, 1.54) is 18.3 Å². The molecule has 0 bridgehead atoms. The van der Waals surface area contributed by atoms with Gasteiger partial charge in [-0.05, 0) is 36.4 Å². The van der Waals surface area contributed by atoms with Crippen molar-refractivity contribution in [1.82, 2.24) is 10.3 Å². The van der Waals surface area contributed by atoms with Crippen LogP contribution in [0.3, 0.4) is 0 Å². The highest BCUT2D eigenvalue weighted by Crippen LogP contribution is 2.19. The van der Waals surface area contributed by atoms with E-state index in [4.69, 9.17) is 4.74 Å². The second-order valence-electron chi connectivity index (χ2n) is 5.56. The van der Waals surface area contributed by atoms with E-state index < -0.39 is 0 Å². The lowest BCUT2D eigenvalue weighted by Crippen LogP contribution is -2.24. The lowest BCUT2D eigenvalue weighted by molar-refractivity contribution is 0.0945. The van der Waals surface area contributed by atoms with Crippen LogP contribution in [0.5, 0.6) is 5.75 Å². The van der Waals surface area contributed by atoms with E-state index in [9.17, 15) is 9.18 Å². The summed E-state index contributed by atoms with van der Waals surface area (Å²) in [6.45, 7) is 0.325. The molecule has 0 aliphatic carbocycles. The Bertz CT molecular complexity index is 915. The molecule has 0 atom stereocenters. The van der Waals surface area contributed by atoms with E-state index in [1.807, 2.05) is 24.3 Å². The molecular formula is C20H18FN3O2. The third-order valence-corrected chi connectivity index (χ3v) is 3.74. The summed E-state index contributed by atoms with van der Waals surface area (Å²) in [6, 6.07) is 16.9. The molecule has 0 saturated carbocycles. The highest BCUT2D eigenvalue weighted by atomic mass is 19.1. The minimum atomic E-state index is -0.334. The van der Waals surface area contributed by atoms with Crippen molar-refractivity contribution in [2.24, 2.45) is 0 Å². The summed E-state index contributed by atoms with van der Waals surface area (Å²) in [6.07, 6.45) is 1.53. The van der Waals surface area contributed by atoms with Gasteiger partial charge in [-0.2, -0.15) is 0 Å². The van der Waals surface area contributed by atoms with E-state index >= 15 is 0 Å². The van der Waals surface area contributed by atoms with Crippen molar-refractivity contribution in [3.05, 3.63) is 83.9 Å². The van der Waals surface area contributed by atoms with Gasteiger partial charge in [0.05, 0.1) is 7.11 Å². The van der Waals surface area contributed by atoms with Gasteiger partial charge in [0.15, 0.2) is 0 Å². The highest BCUT2D eigenvalue weighted by molar-refractivity contribution is 5.93. The minimum absolute atomic E-state index is 0.265. The molecule has 2 aromatic carbocycles. The van der Waals surface area contributed by atoms with Crippen LogP contribution in [-0.4, -0.2) is 18.0 Å². The zero-order valence-corrected chi connectivity index (χ0v) is 14.2. The molecule has 0 aliphatic heterocycles. The number of methoxy groups -OCH3 is 1. The van der Waals surface area contributed by atoms with Gasteiger partial charge in [0.2, 0.25) is 0 Å². The number of pyridine rings is 1. The summed E-state index contributed by atoms with van der Waals surface area (Å²) in [5.41, 5.74) is 2.38. The number of amides is 1. The second-order valence-corrected chi connectivity index (χ2v) is 5.56. The number of benzene rings is 2. The summed E-state index contributed by atoms with van der Waals surface area (Å²) in [5, 5.41) is 5.87. The first kappa shape index (κ1) is 17.4. The van der Waals surface area contributed by atoms with E-state index in [0.29, 0.717) is 23.7 Å². The Labute approximate surface area is 150 Å². The fourth-order valence-electron chi connectivity index (χ4n) is 2.48. The number of para-hydroxylation sites is 1. The summed E-state index contributed by atoms with van der Waals surface area (Å²) in [5.74, 6) is 0.0694. The Morgan fingerprint density at radius 2 is 1.88 bits per heavy atom. The first-order valence-corrected chi connectivity index (χ1v) is 8.04. The predicted molar refractivity (Wildman–Crippen MR) is 98.1 cm³/mol. The fraction of sp³-hybridized carbons (Fsp3) is 0.100. The smallest absolute Gasteiger partial charge is 0.270 e. The van der Waals surface area contributed by atoms with Gasteiger partial charge in [-0.15, -0.1) is 0 Å². The summed E-state index contributed by atoms with van der Waals surface area (Å²) in [7, 11) is 1.59. The van der Waals surface area contributed by atoms with Crippen molar-refractivity contribution >= 4 is 17.3 Å². The Morgan fingerprint density at radius 1 is 1.08 bits per heavy atom. The zero-order valence-electron chi connectivity index (χ0n) is 14.2. The summed E-state index contributed by atoms with van der Waals surface area (Å²) < 4.78 is 18.5. The molecule has 0 saturated heterocycles. The van der Waals surface area contributed by atoms with Gasteiger partial charge in [0.25, 0.3) is 5.91 Å². The maximum Gasteiger partial charge on any atom is 0.270 e. The quantitative estimate of drug-likeness (QED) is 0.707. The Morgan fingerprint density at radius 3 is 2.69 bits per heavy atom. The van der Waals surface area contributed by atoms with Crippen LogP contribution < -0.4 is 15.4 Å². The van der Waals surface area contributed by atoms with Crippen LogP contribution in [0, 0.1) is 5.82 Å². The number of halogens is 1. The second kappa shape index (κ2) is 8.11. The number of hydrogen-bond donors (Lipinski definition) is 2. The van der Waals surface area contributed by atoms with Gasteiger partial charge in [-0.25, -0.2) is 4.39 Å². The van der Waals surface area contributed by atoms with Crippen LogP contribution >= 0.6 is 0 Å². The van der Waals surface area contributed by atoms with E-state index in [0.717, 1.165) is 5.56 Å². The molecule has 26 heavy (non-hydrogen) atoms. The lowest BCUT2D eigenvalue weighted by Gasteiger charge is -2.10. The third-order valence-electron chi connectivity index (χ3n) is 3.74. The number of anilines is 2. The molecule has 1 aromatic heterocycles. The number of aromatic nitrogens is 1. The molecule has 0 radical (unpaired) electrons. The average Bonchev–Trinajstić information content (AvgIpc) is 2.66. The maximum absolute atomic E-state index is 13.3. The predicted octanol–water partition coefficient (Wildman–Crippen LogP) is 3.90. The molecule has 6 heteroatoms. The van der Waals surface area contributed by atoms with Gasteiger partial charge in [-0.1, -0.05) is 24.3 Å². The molecule has 1 amide bonds. The molecule has 132 valence electrons. The van der Waals surface area contributed by atoms with Gasteiger partial charge in [-0.3, -0.25) is 9.78 Å². The van der Waals surface area contributed by atoms with Crippen LogP contribution in [-0.2, 0) is 6.54 Å². The maximum atomic E-state index is 13.3. The molecule has 2 N–H and O–H groups in total.